The van der Waals surface area contributed by atoms with Crippen molar-refractivity contribution in [1.29, 1.82) is 0 Å². The van der Waals surface area contributed by atoms with Crippen LogP contribution in [0, 0.1) is 0 Å². The van der Waals surface area contributed by atoms with E-state index in [-0.39, 0.29) is 23.3 Å². The number of benzene rings is 3. The predicted octanol–water partition coefficient (Wildman–Crippen LogP) is 4.55. The molecule has 4 N–H and O–H groups in total. The maximum Gasteiger partial charge on any atom is 0.258 e. The highest BCUT2D eigenvalue weighted by Crippen LogP contribution is 2.29. The van der Waals surface area contributed by atoms with Crippen molar-refractivity contribution in [3.8, 4) is 11.6 Å². The van der Waals surface area contributed by atoms with Crippen LogP contribution in [0.1, 0.15) is 31.8 Å². The quantitative estimate of drug-likeness (QED) is 0.210. The monoisotopic (exact) mass is 479 g/mol. The lowest BCUT2D eigenvalue weighted by molar-refractivity contribution is 0.102. The lowest BCUT2D eigenvalue weighted by Crippen LogP contribution is -2.12. The average Bonchev–Trinajstić information content (AvgIpc) is 3.44. The summed E-state index contributed by atoms with van der Waals surface area (Å²) in [5.41, 5.74) is 3.26. The average molecular weight is 479 g/mol. The van der Waals surface area contributed by atoms with Crippen LogP contribution in [0.15, 0.2) is 84.1 Å². The molecular formula is C27H21N5O4. The highest BCUT2D eigenvalue weighted by atomic mass is 16.3. The third kappa shape index (κ3) is 4.58. The fourth-order valence-electron chi connectivity index (χ4n) is 3.83. The third-order valence-electron chi connectivity index (χ3n) is 5.60. The molecule has 2 heterocycles. The van der Waals surface area contributed by atoms with Gasteiger partial charge >= 0.3 is 0 Å². The van der Waals surface area contributed by atoms with Crippen molar-refractivity contribution in [3.63, 3.8) is 0 Å². The van der Waals surface area contributed by atoms with E-state index in [0.717, 1.165) is 0 Å². The molecule has 0 unspecified atom stereocenters. The predicted molar refractivity (Wildman–Crippen MR) is 136 cm³/mol. The number of fused-ring (bicyclic) bond motifs is 1. The van der Waals surface area contributed by atoms with Crippen LogP contribution in [-0.2, 0) is 7.05 Å². The van der Waals surface area contributed by atoms with E-state index in [4.69, 9.17) is 0 Å². The summed E-state index contributed by atoms with van der Waals surface area (Å²) in [6, 6.07) is 18.2. The van der Waals surface area contributed by atoms with Gasteiger partial charge in [-0.25, -0.2) is 0 Å². The van der Waals surface area contributed by atoms with Gasteiger partial charge in [-0.1, -0.05) is 18.2 Å². The minimum absolute atomic E-state index is 0.0829. The number of nitrogens with zero attached hydrogens (tertiary/aromatic N) is 3. The number of nitrogens with one attached hydrogen (secondary N) is 2. The number of aromatic nitrogens is 3. The highest BCUT2D eigenvalue weighted by molar-refractivity contribution is 6.13. The van der Waals surface area contributed by atoms with Crippen LogP contribution in [0.2, 0.25) is 0 Å². The lowest BCUT2D eigenvalue weighted by atomic mass is 10.0. The number of aliphatic imine (C=N–C) groups is 1. The van der Waals surface area contributed by atoms with Gasteiger partial charge in [-0.2, -0.15) is 5.10 Å². The zero-order valence-electron chi connectivity index (χ0n) is 19.1. The number of phenolic OH excluding ortho intramolecular Hbond substituents is 1. The van der Waals surface area contributed by atoms with E-state index in [9.17, 15) is 19.8 Å². The van der Waals surface area contributed by atoms with E-state index in [1.807, 2.05) is 0 Å². The number of rotatable bonds is 6. The minimum Gasteiger partial charge on any atom is -0.508 e. The lowest BCUT2D eigenvalue weighted by Gasteiger charge is -2.07. The molecule has 5 aromatic rings. The first-order valence-corrected chi connectivity index (χ1v) is 11.0. The molecule has 178 valence electrons. The molecule has 0 atom stereocenters. The van der Waals surface area contributed by atoms with Gasteiger partial charge in [-0.15, -0.1) is 0 Å². The van der Waals surface area contributed by atoms with Crippen LogP contribution in [0.25, 0.3) is 10.9 Å². The Morgan fingerprint density at radius 3 is 2.58 bits per heavy atom. The molecular weight excluding hydrogens is 458 g/mol. The molecule has 3 aromatic carbocycles. The van der Waals surface area contributed by atoms with Crippen molar-refractivity contribution in [3.05, 3.63) is 101 Å². The van der Waals surface area contributed by atoms with Crippen LogP contribution in [0.5, 0.6) is 11.6 Å². The van der Waals surface area contributed by atoms with Gasteiger partial charge < -0.3 is 20.5 Å². The van der Waals surface area contributed by atoms with Gasteiger partial charge in [0.05, 0.1) is 23.0 Å². The summed E-state index contributed by atoms with van der Waals surface area (Å²) in [6.07, 6.45) is 4.55. The summed E-state index contributed by atoms with van der Waals surface area (Å²) in [5.74, 6) is -0.573. The Kier molecular flexibility index (Phi) is 5.79. The van der Waals surface area contributed by atoms with Gasteiger partial charge in [0.2, 0.25) is 0 Å². The number of carbonyl (C=O) groups excluding carboxylic acids is 2. The fourth-order valence-corrected chi connectivity index (χ4v) is 3.83. The van der Waals surface area contributed by atoms with Gasteiger partial charge in [-0.3, -0.25) is 19.3 Å². The first kappa shape index (κ1) is 22.6. The highest BCUT2D eigenvalue weighted by Gasteiger charge is 2.15. The van der Waals surface area contributed by atoms with E-state index in [1.54, 1.807) is 73.9 Å². The van der Waals surface area contributed by atoms with Gasteiger partial charge in [0.15, 0.2) is 11.7 Å². The normalized spacial score (nSPS) is 11.2. The number of hydrogen-bond donors (Lipinski definition) is 4. The molecule has 0 spiro atoms. The van der Waals surface area contributed by atoms with Crippen molar-refractivity contribution in [2.24, 2.45) is 12.0 Å². The standard InChI is InChI=1S/C27H21N5O4/c1-32-15-18(13-29-32)26(35)30-20-6-2-4-16(10-20)25(34)17-8-9-24-22(11-17)23(27(36)31-24)14-28-19-5-3-7-21(33)12-19/h2-15,31,33,36H,1H3,(H,30,35). The third-order valence-corrected chi connectivity index (χ3v) is 5.60. The summed E-state index contributed by atoms with van der Waals surface area (Å²) in [6.45, 7) is 0. The number of ketones is 1. The second-order valence-corrected chi connectivity index (χ2v) is 8.19. The molecule has 0 saturated heterocycles. The molecule has 0 aliphatic rings. The smallest absolute Gasteiger partial charge is 0.258 e. The molecule has 2 aromatic heterocycles. The molecule has 0 aliphatic heterocycles. The number of aryl methyl sites for hydroxylation is 1. The Hall–Kier alpha value is -5.18. The molecule has 0 radical (unpaired) electrons. The minimum atomic E-state index is -0.326. The molecule has 0 aliphatic carbocycles. The first-order valence-electron chi connectivity index (χ1n) is 11.0. The van der Waals surface area contributed by atoms with Crippen LogP contribution < -0.4 is 5.32 Å². The Morgan fingerprint density at radius 1 is 1.00 bits per heavy atom. The molecule has 1 amide bonds. The Morgan fingerprint density at radius 2 is 1.81 bits per heavy atom. The number of H-pyrrole nitrogens is 1. The van der Waals surface area contributed by atoms with Gasteiger partial charge in [-0.05, 0) is 42.5 Å². The van der Waals surface area contributed by atoms with Crippen LogP contribution in [0.3, 0.4) is 0 Å². The fraction of sp³-hybridized carbons (Fsp3) is 0.0370. The number of phenols is 1. The molecule has 36 heavy (non-hydrogen) atoms. The zero-order valence-corrected chi connectivity index (χ0v) is 19.1. The molecule has 9 nitrogen and oxygen atoms in total. The molecule has 5 rings (SSSR count). The van der Waals surface area contributed by atoms with Gasteiger partial charge in [0.1, 0.15) is 5.75 Å². The maximum atomic E-state index is 13.3. The number of anilines is 1. The topological polar surface area (TPSA) is 133 Å². The maximum absolute atomic E-state index is 13.3. The first-order chi connectivity index (χ1) is 17.4. The summed E-state index contributed by atoms with van der Waals surface area (Å²) in [7, 11) is 1.72. The largest absolute Gasteiger partial charge is 0.508 e. The Balaban J connectivity index is 1.42. The summed E-state index contributed by atoms with van der Waals surface area (Å²) >= 11 is 0. The van der Waals surface area contributed by atoms with E-state index in [0.29, 0.717) is 44.5 Å². The van der Waals surface area contributed by atoms with Crippen LogP contribution in [0.4, 0.5) is 11.4 Å². The summed E-state index contributed by atoms with van der Waals surface area (Å²) < 4.78 is 1.53. The SMILES string of the molecule is Cn1cc(C(=O)Nc2cccc(C(=O)c3ccc4[nH]c(O)c(C=Nc5cccc(O)c5)c4c3)c2)cn1. The van der Waals surface area contributed by atoms with E-state index in [2.05, 4.69) is 20.4 Å². The molecule has 0 bridgehead atoms. The number of aromatic amines is 1. The molecule has 0 saturated carbocycles. The van der Waals surface area contributed by atoms with Crippen molar-refractivity contribution in [2.45, 2.75) is 0 Å². The second-order valence-electron chi connectivity index (χ2n) is 8.19. The number of hydrogen-bond acceptors (Lipinski definition) is 6. The van der Waals surface area contributed by atoms with E-state index < -0.39 is 0 Å². The van der Waals surface area contributed by atoms with Crippen LogP contribution in [-0.4, -0.2) is 42.9 Å². The summed E-state index contributed by atoms with van der Waals surface area (Å²) in [5, 5.41) is 27.4. The van der Waals surface area contributed by atoms with Crippen LogP contribution >= 0.6 is 0 Å². The van der Waals surface area contributed by atoms with Crippen molar-refractivity contribution in [1.82, 2.24) is 14.8 Å². The van der Waals surface area contributed by atoms with Gasteiger partial charge in [0.25, 0.3) is 5.91 Å². The second kappa shape index (κ2) is 9.22. The van der Waals surface area contributed by atoms with Crippen molar-refractivity contribution < 1.29 is 19.8 Å². The zero-order chi connectivity index (χ0) is 25.2. The van der Waals surface area contributed by atoms with E-state index in [1.165, 1.54) is 23.2 Å². The molecule has 0 fully saturated rings. The van der Waals surface area contributed by atoms with Crippen molar-refractivity contribution >= 4 is 40.2 Å². The number of aromatic hydroxyl groups is 2. The van der Waals surface area contributed by atoms with E-state index >= 15 is 0 Å². The Bertz CT molecular complexity index is 1650. The number of carbonyl (C=O) groups is 2. The number of amides is 1. The Labute approximate surface area is 205 Å². The molecule has 9 heteroatoms. The van der Waals surface area contributed by atoms with Crippen molar-refractivity contribution in [2.75, 3.05) is 5.32 Å². The summed E-state index contributed by atoms with van der Waals surface area (Å²) in [4.78, 5) is 32.9. The van der Waals surface area contributed by atoms with Gasteiger partial charge in [0, 0.05) is 53.2 Å².